The molecule has 0 bridgehead atoms. The van der Waals surface area contributed by atoms with Crippen LogP contribution in [0.15, 0.2) is 12.4 Å². The quantitative estimate of drug-likeness (QED) is 0.877. The standard InChI is InChI=1S/C14H26N4O/c1-4-14(2)12-17(7-5-6-15-14)13-10-16-18(11-13)8-9-19-3/h10-11,15H,4-9,12H2,1-3H3. The Hall–Kier alpha value is -1.07. The molecule has 0 spiro atoms. The van der Waals surface area contributed by atoms with Gasteiger partial charge >= 0.3 is 0 Å². The molecule has 0 saturated carbocycles. The smallest absolute Gasteiger partial charge is 0.0753 e. The molecule has 1 unspecified atom stereocenters. The molecule has 1 aliphatic rings. The summed E-state index contributed by atoms with van der Waals surface area (Å²) in [5.41, 5.74) is 1.42. The Morgan fingerprint density at radius 2 is 2.37 bits per heavy atom. The molecule has 0 aromatic carbocycles. The third-order valence-electron chi connectivity index (χ3n) is 3.99. The van der Waals surface area contributed by atoms with Gasteiger partial charge in [-0.25, -0.2) is 0 Å². The fraction of sp³-hybridized carbons (Fsp3) is 0.786. The maximum absolute atomic E-state index is 5.09. The van der Waals surface area contributed by atoms with Gasteiger partial charge in [-0.15, -0.1) is 0 Å². The highest BCUT2D eigenvalue weighted by molar-refractivity contribution is 5.43. The van der Waals surface area contributed by atoms with Crippen LogP contribution >= 0.6 is 0 Å². The Morgan fingerprint density at radius 3 is 3.11 bits per heavy atom. The van der Waals surface area contributed by atoms with Crippen molar-refractivity contribution in [3.8, 4) is 0 Å². The van der Waals surface area contributed by atoms with Crippen LogP contribution in [0.2, 0.25) is 0 Å². The van der Waals surface area contributed by atoms with Gasteiger partial charge in [-0.1, -0.05) is 6.92 Å². The van der Waals surface area contributed by atoms with Crippen molar-refractivity contribution in [2.45, 2.75) is 38.8 Å². The molecule has 1 atom stereocenters. The summed E-state index contributed by atoms with van der Waals surface area (Å²) in [5.74, 6) is 0. The molecule has 0 amide bonds. The van der Waals surface area contributed by atoms with Gasteiger partial charge in [0.05, 0.1) is 25.0 Å². The Bertz CT molecular complexity index is 393. The molecule has 1 aromatic rings. The lowest BCUT2D eigenvalue weighted by atomic mass is 9.98. The summed E-state index contributed by atoms with van der Waals surface area (Å²) in [7, 11) is 1.72. The van der Waals surface area contributed by atoms with Crippen LogP contribution in [0.25, 0.3) is 0 Å². The van der Waals surface area contributed by atoms with Crippen LogP contribution in [0.5, 0.6) is 0 Å². The zero-order valence-corrected chi connectivity index (χ0v) is 12.4. The zero-order valence-electron chi connectivity index (χ0n) is 12.4. The van der Waals surface area contributed by atoms with Crippen LogP contribution in [0.4, 0.5) is 5.69 Å². The minimum Gasteiger partial charge on any atom is -0.383 e. The summed E-state index contributed by atoms with van der Waals surface area (Å²) in [5, 5.41) is 8.07. The molecule has 0 radical (unpaired) electrons. The van der Waals surface area contributed by atoms with Gasteiger partial charge in [-0.3, -0.25) is 4.68 Å². The normalized spacial score (nSPS) is 24.5. The minimum atomic E-state index is 0.200. The van der Waals surface area contributed by atoms with Gasteiger partial charge in [-0.2, -0.15) is 5.10 Å². The summed E-state index contributed by atoms with van der Waals surface area (Å²) in [4.78, 5) is 2.44. The molecule has 2 heterocycles. The van der Waals surface area contributed by atoms with Crippen molar-refractivity contribution in [3.63, 3.8) is 0 Å². The van der Waals surface area contributed by atoms with E-state index in [9.17, 15) is 0 Å². The molecule has 1 fully saturated rings. The summed E-state index contributed by atoms with van der Waals surface area (Å²) in [6.07, 6.45) is 6.41. The van der Waals surface area contributed by atoms with Crippen LogP contribution in [0.1, 0.15) is 26.7 Å². The van der Waals surface area contributed by atoms with E-state index in [-0.39, 0.29) is 5.54 Å². The molecular formula is C14H26N4O. The third kappa shape index (κ3) is 3.70. The summed E-state index contributed by atoms with van der Waals surface area (Å²) in [6, 6.07) is 0. The topological polar surface area (TPSA) is 42.3 Å². The van der Waals surface area contributed by atoms with Crippen molar-refractivity contribution >= 4 is 5.69 Å². The Kier molecular flexibility index (Phi) is 4.82. The van der Waals surface area contributed by atoms with E-state index in [4.69, 9.17) is 4.74 Å². The Labute approximate surface area is 115 Å². The van der Waals surface area contributed by atoms with E-state index in [1.807, 2.05) is 10.9 Å². The highest BCUT2D eigenvalue weighted by Crippen LogP contribution is 2.21. The summed E-state index contributed by atoms with van der Waals surface area (Å²) >= 11 is 0. The molecular weight excluding hydrogens is 240 g/mol. The van der Waals surface area contributed by atoms with Crippen molar-refractivity contribution in [2.24, 2.45) is 0 Å². The van der Waals surface area contributed by atoms with Crippen LogP contribution in [0.3, 0.4) is 0 Å². The molecule has 0 aliphatic carbocycles. The van der Waals surface area contributed by atoms with Crippen LogP contribution < -0.4 is 10.2 Å². The van der Waals surface area contributed by atoms with Crippen molar-refractivity contribution in [3.05, 3.63) is 12.4 Å². The number of methoxy groups -OCH3 is 1. The van der Waals surface area contributed by atoms with Gasteiger partial charge in [0.15, 0.2) is 0 Å². The van der Waals surface area contributed by atoms with Crippen molar-refractivity contribution in [2.75, 3.05) is 38.3 Å². The predicted molar refractivity (Wildman–Crippen MR) is 77.6 cm³/mol. The van der Waals surface area contributed by atoms with E-state index in [1.165, 1.54) is 12.1 Å². The minimum absolute atomic E-state index is 0.200. The molecule has 1 saturated heterocycles. The number of aromatic nitrogens is 2. The number of nitrogens with zero attached hydrogens (tertiary/aromatic N) is 3. The average molecular weight is 266 g/mol. The number of hydrogen-bond donors (Lipinski definition) is 1. The van der Waals surface area contributed by atoms with E-state index in [1.54, 1.807) is 7.11 Å². The van der Waals surface area contributed by atoms with Gasteiger partial charge in [0.25, 0.3) is 0 Å². The van der Waals surface area contributed by atoms with Crippen molar-refractivity contribution in [1.29, 1.82) is 0 Å². The molecule has 1 aromatic heterocycles. The third-order valence-corrected chi connectivity index (χ3v) is 3.99. The first kappa shape index (κ1) is 14.3. The van der Waals surface area contributed by atoms with E-state index >= 15 is 0 Å². The highest BCUT2D eigenvalue weighted by atomic mass is 16.5. The monoisotopic (exact) mass is 266 g/mol. The van der Waals surface area contributed by atoms with Gasteiger partial charge in [0, 0.05) is 31.9 Å². The van der Waals surface area contributed by atoms with Gasteiger partial charge < -0.3 is 15.0 Å². The Balaban J connectivity index is 2.04. The second-order valence-corrected chi connectivity index (χ2v) is 5.57. The molecule has 5 nitrogen and oxygen atoms in total. The Morgan fingerprint density at radius 1 is 1.53 bits per heavy atom. The molecule has 1 N–H and O–H groups in total. The maximum Gasteiger partial charge on any atom is 0.0753 e. The lowest BCUT2D eigenvalue weighted by Gasteiger charge is -2.33. The van der Waals surface area contributed by atoms with Crippen LogP contribution in [0, 0.1) is 0 Å². The first-order chi connectivity index (χ1) is 9.17. The first-order valence-electron chi connectivity index (χ1n) is 7.18. The fourth-order valence-corrected chi connectivity index (χ4v) is 2.50. The number of nitrogens with one attached hydrogen (secondary N) is 1. The summed E-state index contributed by atoms with van der Waals surface area (Å²) < 4.78 is 7.05. The summed E-state index contributed by atoms with van der Waals surface area (Å²) in [6.45, 7) is 9.30. The van der Waals surface area contributed by atoms with Crippen molar-refractivity contribution in [1.82, 2.24) is 15.1 Å². The highest BCUT2D eigenvalue weighted by Gasteiger charge is 2.27. The van der Waals surface area contributed by atoms with Crippen LogP contribution in [-0.4, -0.2) is 48.7 Å². The molecule has 108 valence electrons. The fourth-order valence-electron chi connectivity index (χ4n) is 2.50. The molecule has 19 heavy (non-hydrogen) atoms. The maximum atomic E-state index is 5.09. The average Bonchev–Trinajstić information content (AvgIpc) is 2.80. The number of ether oxygens (including phenoxy) is 1. The zero-order chi connectivity index (χ0) is 13.7. The number of rotatable bonds is 5. The van der Waals surface area contributed by atoms with E-state index in [0.29, 0.717) is 6.61 Å². The van der Waals surface area contributed by atoms with Crippen LogP contribution in [-0.2, 0) is 11.3 Å². The second kappa shape index (κ2) is 6.39. The lowest BCUT2D eigenvalue weighted by Crippen LogP contribution is -2.48. The number of anilines is 1. The van der Waals surface area contributed by atoms with E-state index < -0.39 is 0 Å². The van der Waals surface area contributed by atoms with E-state index in [0.717, 1.165) is 32.6 Å². The SMILES string of the molecule is CCC1(C)CN(c2cnn(CCOC)c2)CCCN1. The van der Waals surface area contributed by atoms with Gasteiger partial charge in [-0.05, 0) is 26.3 Å². The van der Waals surface area contributed by atoms with Gasteiger partial charge in [0.2, 0.25) is 0 Å². The number of hydrogen-bond acceptors (Lipinski definition) is 4. The molecule has 2 rings (SSSR count). The largest absolute Gasteiger partial charge is 0.383 e. The van der Waals surface area contributed by atoms with E-state index in [2.05, 4.69) is 35.4 Å². The van der Waals surface area contributed by atoms with Gasteiger partial charge in [0.1, 0.15) is 0 Å². The molecule has 5 heteroatoms. The van der Waals surface area contributed by atoms with Crippen molar-refractivity contribution < 1.29 is 4.74 Å². The first-order valence-corrected chi connectivity index (χ1v) is 7.18. The lowest BCUT2D eigenvalue weighted by molar-refractivity contribution is 0.183. The predicted octanol–water partition coefficient (Wildman–Crippen LogP) is 1.50. The molecule has 1 aliphatic heterocycles. The second-order valence-electron chi connectivity index (χ2n) is 5.57.